The first kappa shape index (κ1) is 13.4. The van der Waals surface area contributed by atoms with Gasteiger partial charge in [-0.1, -0.05) is 25.9 Å². The zero-order chi connectivity index (χ0) is 14.2. The molecule has 20 heavy (non-hydrogen) atoms. The summed E-state index contributed by atoms with van der Waals surface area (Å²) in [6, 6.07) is 0. The first-order chi connectivity index (χ1) is 9.64. The lowest BCUT2D eigenvalue weighted by Gasteiger charge is -2.20. The van der Waals surface area contributed by atoms with Gasteiger partial charge >= 0.3 is 0 Å². The van der Waals surface area contributed by atoms with Crippen LogP contribution in [0, 0.1) is 5.92 Å². The van der Waals surface area contributed by atoms with Gasteiger partial charge in [0.25, 0.3) is 0 Å². The predicted molar refractivity (Wildman–Crippen MR) is 81.7 cm³/mol. The van der Waals surface area contributed by atoms with E-state index in [4.69, 9.17) is 5.10 Å². The van der Waals surface area contributed by atoms with Crippen molar-refractivity contribution in [2.75, 3.05) is 13.2 Å². The Hall–Kier alpha value is -1.62. The van der Waals surface area contributed by atoms with Gasteiger partial charge in [-0.2, -0.15) is 0 Å². The summed E-state index contributed by atoms with van der Waals surface area (Å²) in [5.74, 6) is 2.88. The Bertz CT molecular complexity index is 526. The molecule has 0 radical (unpaired) electrons. The van der Waals surface area contributed by atoms with Crippen LogP contribution in [0.5, 0.6) is 0 Å². The topological polar surface area (TPSA) is 48.8 Å². The number of amidine groups is 1. The van der Waals surface area contributed by atoms with E-state index in [1.165, 1.54) is 17.9 Å². The predicted octanol–water partition coefficient (Wildman–Crippen LogP) is 2.26. The van der Waals surface area contributed by atoms with Gasteiger partial charge in [0.15, 0.2) is 0 Å². The summed E-state index contributed by atoms with van der Waals surface area (Å²) in [6.07, 6.45) is 7.63. The number of hydrogen-bond acceptors (Lipinski definition) is 4. The Morgan fingerprint density at radius 3 is 3.00 bits per heavy atom. The first-order valence-electron chi connectivity index (χ1n) is 7.60. The second-order valence-electron chi connectivity index (χ2n) is 6.12. The highest BCUT2D eigenvalue weighted by molar-refractivity contribution is 6.17. The lowest BCUT2D eigenvalue weighted by Crippen LogP contribution is -2.35. The fourth-order valence-corrected chi connectivity index (χ4v) is 2.95. The van der Waals surface area contributed by atoms with Crippen LogP contribution < -0.4 is 10.6 Å². The highest BCUT2D eigenvalue weighted by Crippen LogP contribution is 2.36. The van der Waals surface area contributed by atoms with Gasteiger partial charge in [0.1, 0.15) is 25.0 Å². The van der Waals surface area contributed by atoms with Crippen LogP contribution >= 0.6 is 0 Å². The highest BCUT2D eigenvalue weighted by atomic mass is 15.7. The third-order valence-electron chi connectivity index (χ3n) is 3.94. The standard InChI is InChI=1S/C15H24N5/c1-4-7-20-9-12(6-5-11(2)3)18-15(20)13-8-16-10-17-14(13)19-20/h8-9,11,18H,4-7,10H2,1-3H3,(H,17,19)/q+1. The Morgan fingerprint density at radius 1 is 1.40 bits per heavy atom. The van der Waals surface area contributed by atoms with E-state index in [9.17, 15) is 0 Å². The smallest absolute Gasteiger partial charge is 0.250 e. The molecular formula is C15H24N5+. The minimum Gasteiger partial charge on any atom is -0.346 e. The molecule has 0 amide bonds. The number of allylic oxidation sites excluding steroid dienone is 1. The SMILES string of the molecule is CCC[N+]12C=C(CCC(C)C)NC1=C1C=NCNC1=N2. The van der Waals surface area contributed by atoms with Crippen LogP contribution in [0.3, 0.4) is 0 Å². The van der Waals surface area contributed by atoms with Crippen LogP contribution in [0.4, 0.5) is 0 Å². The van der Waals surface area contributed by atoms with Gasteiger partial charge in [0, 0.05) is 6.21 Å². The van der Waals surface area contributed by atoms with Gasteiger partial charge in [-0.25, -0.2) is 0 Å². The molecule has 0 aliphatic carbocycles. The molecule has 0 saturated carbocycles. The molecule has 3 aliphatic heterocycles. The van der Waals surface area contributed by atoms with Gasteiger partial charge in [-0.15, -0.1) is 4.59 Å². The van der Waals surface area contributed by atoms with E-state index in [0.717, 1.165) is 36.7 Å². The van der Waals surface area contributed by atoms with E-state index < -0.39 is 0 Å². The Balaban J connectivity index is 1.90. The van der Waals surface area contributed by atoms with E-state index in [1.54, 1.807) is 0 Å². The molecular weight excluding hydrogens is 250 g/mol. The number of aliphatic imine (C=N–C) groups is 1. The maximum Gasteiger partial charge on any atom is 0.250 e. The summed E-state index contributed by atoms with van der Waals surface area (Å²) in [5, 5.41) is 11.8. The fourth-order valence-electron chi connectivity index (χ4n) is 2.95. The molecule has 0 aromatic carbocycles. The molecule has 0 bridgehead atoms. The molecule has 5 nitrogen and oxygen atoms in total. The maximum absolute atomic E-state index is 4.91. The van der Waals surface area contributed by atoms with Crippen molar-refractivity contribution < 1.29 is 4.59 Å². The second kappa shape index (κ2) is 5.05. The number of nitrogens with zero attached hydrogens (tertiary/aromatic N) is 3. The van der Waals surface area contributed by atoms with Crippen molar-refractivity contribution >= 4 is 12.1 Å². The number of hydrogen-bond donors (Lipinski definition) is 2. The van der Waals surface area contributed by atoms with Crippen LogP contribution in [-0.2, 0) is 0 Å². The van der Waals surface area contributed by atoms with Crippen molar-refractivity contribution in [2.24, 2.45) is 16.0 Å². The monoisotopic (exact) mass is 274 g/mol. The molecule has 0 saturated heterocycles. The third-order valence-corrected chi connectivity index (χ3v) is 3.94. The minimum absolute atomic E-state index is 0.591. The van der Waals surface area contributed by atoms with Crippen LogP contribution in [0.25, 0.3) is 0 Å². The summed E-state index contributed by atoms with van der Waals surface area (Å²) in [7, 11) is 0. The minimum atomic E-state index is 0.591. The molecule has 1 unspecified atom stereocenters. The molecule has 3 rings (SSSR count). The second-order valence-corrected chi connectivity index (χ2v) is 6.12. The van der Waals surface area contributed by atoms with Gasteiger partial charge in [0.05, 0.1) is 5.70 Å². The van der Waals surface area contributed by atoms with Gasteiger partial charge in [-0.3, -0.25) is 4.99 Å². The van der Waals surface area contributed by atoms with Gasteiger partial charge in [0.2, 0.25) is 11.7 Å². The van der Waals surface area contributed by atoms with E-state index in [1.807, 2.05) is 6.21 Å². The first-order valence-corrected chi connectivity index (χ1v) is 7.60. The summed E-state index contributed by atoms with van der Waals surface area (Å²) >= 11 is 0. The summed E-state index contributed by atoms with van der Waals surface area (Å²) < 4.78 is 0.591. The Morgan fingerprint density at radius 2 is 2.25 bits per heavy atom. The lowest BCUT2D eigenvalue weighted by molar-refractivity contribution is -0.843. The van der Waals surface area contributed by atoms with Crippen LogP contribution in [0.15, 0.2) is 33.4 Å². The number of nitrogens with one attached hydrogen (secondary N) is 2. The molecule has 1 atom stereocenters. The van der Waals surface area contributed by atoms with E-state index in [0.29, 0.717) is 11.3 Å². The zero-order valence-corrected chi connectivity index (χ0v) is 12.6. The lowest BCUT2D eigenvalue weighted by atomic mass is 10.1. The molecule has 108 valence electrons. The van der Waals surface area contributed by atoms with Crippen molar-refractivity contribution in [1.82, 2.24) is 10.6 Å². The normalized spacial score (nSPS) is 27.0. The maximum atomic E-state index is 4.91. The molecule has 0 fully saturated rings. The van der Waals surface area contributed by atoms with E-state index in [-0.39, 0.29) is 0 Å². The Kier molecular flexibility index (Phi) is 3.38. The third kappa shape index (κ3) is 2.16. The number of fused-ring (bicyclic) bond motifs is 2. The van der Waals surface area contributed by atoms with Crippen molar-refractivity contribution in [3.05, 3.63) is 23.3 Å². The summed E-state index contributed by atoms with van der Waals surface area (Å²) in [5.41, 5.74) is 2.43. The average molecular weight is 274 g/mol. The molecule has 0 aromatic rings. The number of quaternary nitrogens is 1. The van der Waals surface area contributed by atoms with Crippen molar-refractivity contribution in [2.45, 2.75) is 40.0 Å². The fraction of sp³-hybridized carbons (Fsp3) is 0.600. The van der Waals surface area contributed by atoms with Crippen molar-refractivity contribution in [3.63, 3.8) is 0 Å². The van der Waals surface area contributed by atoms with E-state index in [2.05, 4.69) is 42.6 Å². The van der Waals surface area contributed by atoms with Crippen LogP contribution in [-0.4, -0.2) is 29.9 Å². The number of rotatable bonds is 5. The van der Waals surface area contributed by atoms with Gasteiger partial charge in [-0.05, 0) is 25.2 Å². The average Bonchev–Trinajstić information content (AvgIpc) is 2.89. The molecule has 5 heteroatoms. The Labute approximate surface area is 120 Å². The molecule has 3 aliphatic rings. The van der Waals surface area contributed by atoms with E-state index >= 15 is 0 Å². The molecule has 3 heterocycles. The highest BCUT2D eigenvalue weighted by Gasteiger charge is 2.47. The molecule has 0 spiro atoms. The van der Waals surface area contributed by atoms with Crippen LogP contribution in [0.2, 0.25) is 0 Å². The van der Waals surface area contributed by atoms with Crippen molar-refractivity contribution in [3.8, 4) is 0 Å². The zero-order valence-electron chi connectivity index (χ0n) is 12.6. The molecule has 2 N–H and O–H groups in total. The summed E-state index contributed by atoms with van der Waals surface area (Å²) in [6.45, 7) is 8.37. The molecule has 0 aromatic heterocycles. The largest absolute Gasteiger partial charge is 0.346 e. The quantitative estimate of drug-likeness (QED) is 0.756. The van der Waals surface area contributed by atoms with Gasteiger partial charge < -0.3 is 10.6 Å². The van der Waals surface area contributed by atoms with Crippen molar-refractivity contribution in [1.29, 1.82) is 0 Å². The summed E-state index contributed by atoms with van der Waals surface area (Å²) in [4.78, 5) is 4.32. The van der Waals surface area contributed by atoms with Crippen LogP contribution in [0.1, 0.15) is 40.0 Å².